The van der Waals surface area contributed by atoms with Gasteiger partial charge >= 0.3 is 0 Å². The van der Waals surface area contributed by atoms with E-state index in [1.54, 1.807) is 11.3 Å². The van der Waals surface area contributed by atoms with Gasteiger partial charge < -0.3 is 9.88 Å². The van der Waals surface area contributed by atoms with Crippen molar-refractivity contribution in [2.24, 2.45) is 11.2 Å². The largest absolute Gasteiger partial charge is 0.354 e. The van der Waals surface area contributed by atoms with Gasteiger partial charge in [-0.25, -0.2) is 9.97 Å². The van der Waals surface area contributed by atoms with Crippen molar-refractivity contribution in [2.75, 3.05) is 25.0 Å². The molecular formula is C13H18N6O. The number of anilines is 1. The average Bonchev–Trinajstić information content (AvgIpc) is 2.95. The molecule has 1 aliphatic heterocycles. The molecule has 1 fully saturated rings. The van der Waals surface area contributed by atoms with Crippen molar-refractivity contribution < 1.29 is 0 Å². The number of hydrogen-bond donors (Lipinski definition) is 1. The minimum absolute atomic E-state index is 0.217. The van der Waals surface area contributed by atoms with E-state index in [0.29, 0.717) is 12.5 Å². The van der Waals surface area contributed by atoms with Crippen molar-refractivity contribution in [1.29, 1.82) is 0 Å². The van der Waals surface area contributed by atoms with Gasteiger partial charge in [0.2, 0.25) is 0 Å². The minimum Gasteiger partial charge on any atom is -0.354 e. The van der Waals surface area contributed by atoms with Gasteiger partial charge in [0.1, 0.15) is 17.8 Å². The van der Waals surface area contributed by atoms with E-state index in [1.807, 2.05) is 19.3 Å². The van der Waals surface area contributed by atoms with Gasteiger partial charge in [-0.2, -0.15) is 0 Å². The Morgan fingerprint density at radius 2 is 2.35 bits per heavy atom. The quantitative estimate of drug-likeness (QED) is 0.863. The van der Waals surface area contributed by atoms with Crippen molar-refractivity contribution in [2.45, 2.75) is 19.4 Å². The van der Waals surface area contributed by atoms with Crippen LogP contribution in [0.5, 0.6) is 0 Å². The number of aromatic nitrogens is 3. The van der Waals surface area contributed by atoms with E-state index in [0.717, 1.165) is 29.8 Å². The van der Waals surface area contributed by atoms with Crippen LogP contribution in [-0.2, 0) is 0 Å². The highest BCUT2D eigenvalue weighted by molar-refractivity contribution is 5.87. The molecule has 1 aliphatic rings. The van der Waals surface area contributed by atoms with Crippen molar-refractivity contribution in [3.05, 3.63) is 23.5 Å². The number of hydrogen-bond acceptors (Lipinski definition) is 5. The third-order valence-electron chi connectivity index (χ3n) is 4.18. The Balaban J connectivity index is 1.92. The van der Waals surface area contributed by atoms with Crippen LogP contribution in [0.3, 0.4) is 0 Å². The van der Waals surface area contributed by atoms with Gasteiger partial charge in [-0.1, -0.05) is 6.92 Å². The Morgan fingerprint density at radius 1 is 1.50 bits per heavy atom. The molecule has 0 aliphatic carbocycles. The molecule has 2 aromatic heterocycles. The summed E-state index contributed by atoms with van der Waals surface area (Å²) in [7, 11) is 2.02. The Morgan fingerprint density at radius 3 is 3.15 bits per heavy atom. The number of piperidine rings is 1. The maximum Gasteiger partial charge on any atom is 0.142 e. The van der Waals surface area contributed by atoms with Crippen LogP contribution in [-0.4, -0.2) is 46.1 Å². The average molecular weight is 274 g/mol. The second-order valence-electron chi connectivity index (χ2n) is 5.38. The molecule has 0 bridgehead atoms. The summed E-state index contributed by atoms with van der Waals surface area (Å²) in [4.78, 5) is 24.6. The molecule has 7 heteroatoms. The monoisotopic (exact) mass is 274 g/mol. The zero-order chi connectivity index (χ0) is 14.1. The number of aromatic amines is 1. The van der Waals surface area contributed by atoms with Crippen molar-refractivity contribution in [3.63, 3.8) is 0 Å². The fourth-order valence-electron chi connectivity index (χ4n) is 2.91. The van der Waals surface area contributed by atoms with Crippen LogP contribution >= 0.6 is 0 Å². The van der Waals surface area contributed by atoms with Gasteiger partial charge in [-0.15, -0.1) is 4.91 Å². The van der Waals surface area contributed by atoms with Crippen LogP contribution in [0.1, 0.15) is 13.3 Å². The molecule has 0 amide bonds. The standard InChI is InChI=1S/C13H18N6O/c1-9-4-6-19(17-20)7-11(9)18(2)13-10-3-5-14-12(10)15-8-16-13/h3,5,8-9,11H,4,6-7H2,1-2H3,(H,14,15,16)/t9-,11+/m1/s1. The first-order valence-corrected chi connectivity index (χ1v) is 6.80. The number of fused-ring (bicyclic) bond motifs is 1. The lowest BCUT2D eigenvalue weighted by Crippen LogP contribution is -2.49. The van der Waals surface area contributed by atoms with Crippen LogP contribution in [0.25, 0.3) is 11.0 Å². The predicted octanol–water partition coefficient (Wildman–Crippen LogP) is 1.79. The van der Waals surface area contributed by atoms with Gasteiger partial charge in [0.25, 0.3) is 0 Å². The van der Waals surface area contributed by atoms with E-state index in [4.69, 9.17) is 0 Å². The van der Waals surface area contributed by atoms with Gasteiger partial charge in [-0.3, -0.25) is 5.01 Å². The van der Waals surface area contributed by atoms with E-state index in [-0.39, 0.29) is 6.04 Å². The first-order valence-electron chi connectivity index (χ1n) is 6.80. The SMILES string of the molecule is C[C@@H]1CCN(N=O)C[C@@H]1N(C)c1ncnc2[nH]ccc12. The third kappa shape index (κ3) is 2.09. The number of H-pyrrole nitrogens is 1. The maximum atomic E-state index is 10.8. The lowest BCUT2D eigenvalue weighted by atomic mass is 9.93. The van der Waals surface area contributed by atoms with Crippen molar-refractivity contribution in [1.82, 2.24) is 20.0 Å². The fourth-order valence-corrected chi connectivity index (χ4v) is 2.91. The van der Waals surface area contributed by atoms with Gasteiger partial charge in [0, 0.05) is 19.8 Å². The molecule has 0 radical (unpaired) electrons. The Hall–Kier alpha value is -2.18. The number of nitrogens with one attached hydrogen (secondary N) is 1. The Labute approximate surface area is 116 Å². The summed E-state index contributed by atoms with van der Waals surface area (Å²) in [6.45, 7) is 3.58. The van der Waals surface area contributed by atoms with Gasteiger partial charge in [0.15, 0.2) is 0 Å². The zero-order valence-corrected chi connectivity index (χ0v) is 11.7. The molecule has 20 heavy (non-hydrogen) atoms. The zero-order valence-electron chi connectivity index (χ0n) is 11.7. The topological polar surface area (TPSA) is 77.5 Å². The van der Waals surface area contributed by atoms with E-state index in [9.17, 15) is 4.91 Å². The Bertz CT molecular complexity index is 612. The molecule has 1 N–H and O–H groups in total. The molecule has 0 spiro atoms. The summed E-state index contributed by atoms with van der Waals surface area (Å²) >= 11 is 0. The van der Waals surface area contributed by atoms with Crippen LogP contribution in [0.15, 0.2) is 23.9 Å². The molecule has 0 saturated carbocycles. The summed E-state index contributed by atoms with van der Waals surface area (Å²) in [5.74, 6) is 1.38. The van der Waals surface area contributed by atoms with Crippen LogP contribution in [0.2, 0.25) is 0 Å². The van der Waals surface area contributed by atoms with Gasteiger partial charge in [-0.05, 0) is 18.4 Å². The second kappa shape index (κ2) is 5.07. The Kier molecular flexibility index (Phi) is 3.25. The van der Waals surface area contributed by atoms with E-state index in [1.165, 1.54) is 0 Å². The molecule has 2 atom stereocenters. The summed E-state index contributed by atoms with van der Waals surface area (Å²) in [5, 5.41) is 5.67. The minimum atomic E-state index is 0.217. The smallest absolute Gasteiger partial charge is 0.142 e. The number of likely N-dealkylation sites (N-methyl/N-ethyl adjacent to an activating group) is 1. The summed E-state index contributed by atoms with van der Waals surface area (Å²) in [6, 6.07) is 2.19. The number of nitroso groups, excluding NO2 is 1. The second-order valence-corrected chi connectivity index (χ2v) is 5.38. The number of rotatable bonds is 3. The predicted molar refractivity (Wildman–Crippen MR) is 77.2 cm³/mol. The fraction of sp³-hybridized carbons (Fsp3) is 0.538. The molecule has 0 aromatic carbocycles. The normalized spacial score (nSPS) is 23.0. The summed E-state index contributed by atoms with van der Waals surface area (Å²) in [5.41, 5.74) is 0.829. The molecule has 7 nitrogen and oxygen atoms in total. The first-order chi connectivity index (χ1) is 9.70. The molecule has 3 heterocycles. The lowest BCUT2D eigenvalue weighted by molar-refractivity contribution is 0.169. The summed E-state index contributed by atoms with van der Waals surface area (Å²) < 4.78 is 0. The molecule has 106 valence electrons. The van der Waals surface area contributed by atoms with E-state index < -0.39 is 0 Å². The summed E-state index contributed by atoms with van der Waals surface area (Å²) in [6.07, 6.45) is 4.39. The maximum absolute atomic E-state index is 10.8. The van der Waals surface area contributed by atoms with Crippen LogP contribution in [0.4, 0.5) is 5.82 Å². The lowest BCUT2D eigenvalue weighted by Gasteiger charge is -2.39. The first kappa shape index (κ1) is 12.8. The molecule has 0 unspecified atom stereocenters. The molecule has 2 aromatic rings. The number of nitrogens with zero attached hydrogens (tertiary/aromatic N) is 5. The third-order valence-corrected chi connectivity index (χ3v) is 4.18. The van der Waals surface area contributed by atoms with Gasteiger partial charge in [0.05, 0.1) is 23.3 Å². The highest BCUT2D eigenvalue weighted by atomic mass is 16.3. The highest BCUT2D eigenvalue weighted by Gasteiger charge is 2.30. The highest BCUT2D eigenvalue weighted by Crippen LogP contribution is 2.28. The van der Waals surface area contributed by atoms with E-state index in [2.05, 4.69) is 32.1 Å². The van der Waals surface area contributed by atoms with E-state index >= 15 is 0 Å². The molecule has 1 saturated heterocycles. The molecular weight excluding hydrogens is 256 g/mol. The molecule has 3 rings (SSSR count). The van der Waals surface area contributed by atoms with Crippen LogP contribution in [0, 0.1) is 10.8 Å². The van der Waals surface area contributed by atoms with Crippen molar-refractivity contribution >= 4 is 16.9 Å². The van der Waals surface area contributed by atoms with Crippen molar-refractivity contribution in [3.8, 4) is 0 Å². The van der Waals surface area contributed by atoms with Crippen LogP contribution < -0.4 is 4.90 Å².